The molecule has 2 nitrogen and oxygen atoms in total. The van der Waals surface area contributed by atoms with E-state index < -0.39 is 0 Å². The molecule has 0 heterocycles. The SMILES string of the molecule is [CH]OCCCOC. The maximum Gasteiger partial charge on any atom is 0.115 e. The van der Waals surface area contributed by atoms with Crippen LogP contribution in [0.4, 0.5) is 0 Å². The van der Waals surface area contributed by atoms with Gasteiger partial charge in [0, 0.05) is 20.3 Å². The summed E-state index contributed by atoms with van der Waals surface area (Å²) in [6.45, 7) is 1.30. The molecule has 2 radical (unpaired) electrons. The molecule has 7 heavy (non-hydrogen) atoms. The van der Waals surface area contributed by atoms with E-state index in [1.165, 1.54) is 0 Å². The van der Waals surface area contributed by atoms with Gasteiger partial charge in [-0.3, -0.25) is 0 Å². The van der Waals surface area contributed by atoms with Gasteiger partial charge in [-0.05, 0) is 6.42 Å². The summed E-state index contributed by atoms with van der Waals surface area (Å²) in [5.41, 5.74) is 0. The first-order valence-corrected chi connectivity index (χ1v) is 2.22. The molecule has 0 unspecified atom stereocenters. The molecule has 0 saturated carbocycles. The lowest BCUT2D eigenvalue weighted by Crippen LogP contribution is -1.93. The van der Waals surface area contributed by atoms with Crippen LogP contribution in [0, 0.1) is 7.11 Å². The third kappa shape index (κ3) is 5.92. The quantitative estimate of drug-likeness (QED) is 0.487. The molecule has 0 atom stereocenters. The highest BCUT2D eigenvalue weighted by atomic mass is 16.5. The van der Waals surface area contributed by atoms with Gasteiger partial charge in [0.05, 0.1) is 0 Å². The van der Waals surface area contributed by atoms with Crippen molar-refractivity contribution in [3.05, 3.63) is 7.11 Å². The molecule has 2 heteroatoms. The maximum absolute atomic E-state index is 4.71. The highest BCUT2D eigenvalue weighted by Crippen LogP contribution is 1.79. The minimum absolute atomic E-state index is 0.577. The van der Waals surface area contributed by atoms with E-state index in [-0.39, 0.29) is 0 Å². The molecular weight excluding hydrogens is 92.1 g/mol. The van der Waals surface area contributed by atoms with Crippen molar-refractivity contribution in [2.45, 2.75) is 6.42 Å². The van der Waals surface area contributed by atoms with E-state index >= 15 is 0 Å². The van der Waals surface area contributed by atoms with E-state index in [1.54, 1.807) is 7.11 Å². The predicted molar refractivity (Wildman–Crippen MR) is 26.7 cm³/mol. The highest BCUT2D eigenvalue weighted by molar-refractivity contribution is 4.29. The van der Waals surface area contributed by atoms with Crippen LogP contribution in [0.2, 0.25) is 0 Å². The van der Waals surface area contributed by atoms with Crippen LogP contribution < -0.4 is 0 Å². The Bertz CT molecular complexity index is 25.3. The molecule has 0 N–H and O–H groups in total. The number of hydrogen-bond donors (Lipinski definition) is 0. The molecular formula is C5H10O2. The first-order valence-electron chi connectivity index (χ1n) is 2.22. The van der Waals surface area contributed by atoms with Crippen LogP contribution in [0.5, 0.6) is 0 Å². The van der Waals surface area contributed by atoms with Gasteiger partial charge in [-0.1, -0.05) is 0 Å². The third-order valence-electron chi connectivity index (χ3n) is 0.611. The van der Waals surface area contributed by atoms with Gasteiger partial charge in [-0.15, -0.1) is 0 Å². The zero-order chi connectivity index (χ0) is 5.54. The molecule has 0 aromatic rings. The average molecular weight is 102 g/mol. The van der Waals surface area contributed by atoms with Gasteiger partial charge in [0.25, 0.3) is 0 Å². The average Bonchev–Trinajstić information content (AvgIpc) is 1.69. The first kappa shape index (κ1) is 6.92. The molecule has 0 aliphatic heterocycles. The Hall–Kier alpha value is -0.0800. The van der Waals surface area contributed by atoms with Gasteiger partial charge in [0.15, 0.2) is 0 Å². The van der Waals surface area contributed by atoms with E-state index in [4.69, 9.17) is 11.8 Å². The Morgan fingerprint density at radius 1 is 1.43 bits per heavy atom. The fourth-order valence-electron chi connectivity index (χ4n) is 0.287. The van der Waals surface area contributed by atoms with Crippen molar-refractivity contribution >= 4 is 0 Å². The van der Waals surface area contributed by atoms with Crippen LogP contribution in [-0.2, 0) is 9.47 Å². The summed E-state index contributed by atoms with van der Waals surface area (Å²) < 4.78 is 8.97. The van der Waals surface area contributed by atoms with E-state index in [9.17, 15) is 0 Å². The summed E-state index contributed by atoms with van der Waals surface area (Å²) in [4.78, 5) is 0. The van der Waals surface area contributed by atoms with Crippen molar-refractivity contribution in [1.29, 1.82) is 0 Å². The second kappa shape index (κ2) is 5.92. The summed E-state index contributed by atoms with van der Waals surface area (Å²) in [6, 6.07) is 0. The van der Waals surface area contributed by atoms with Gasteiger partial charge in [0.1, 0.15) is 7.11 Å². The fourth-order valence-corrected chi connectivity index (χ4v) is 0.287. The second-order valence-electron chi connectivity index (χ2n) is 1.22. The molecule has 0 rings (SSSR count). The molecule has 42 valence electrons. The Labute approximate surface area is 44.4 Å². The highest BCUT2D eigenvalue weighted by Gasteiger charge is 1.79. The second-order valence-corrected chi connectivity index (χ2v) is 1.22. The fraction of sp³-hybridized carbons (Fsp3) is 0.800. The smallest absolute Gasteiger partial charge is 0.115 e. The van der Waals surface area contributed by atoms with Crippen molar-refractivity contribution in [3.8, 4) is 0 Å². The lowest BCUT2D eigenvalue weighted by molar-refractivity contribution is 0.154. The van der Waals surface area contributed by atoms with Crippen LogP contribution in [0.25, 0.3) is 0 Å². The van der Waals surface area contributed by atoms with Gasteiger partial charge >= 0.3 is 0 Å². The lowest BCUT2D eigenvalue weighted by atomic mass is 10.5. The van der Waals surface area contributed by atoms with Crippen LogP contribution >= 0.6 is 0 Å². The number of rotatable bonds is 4. The van der Waals surface area contributed by atoms with Crippen LogP contribution in [0.15, 0.2) is 0 Å². The first-order chi connectivity index (χ1) is 3.41. The molecule has 0 aromatic carbocycles. The molecule has 0 saturated heterocycles. The van der Waals surface area contributed by atoms with Crippen molar-refractivity contribution < 1.29 is 9.47 Å². The zero-order valence-corrected chi connectivity index (χ0v) is 4.52. The standard InChI is InChI=1S/C5H10O2/c1-6-4-3-5-7-2/h1H,3-5H2,2H3. The summed E-state index contributed by atoms with van der Waals surface area (Å²) in [6.07, 6.45) is 0.868. The summed E-state index contributed by atoms with van der Waals surface area (Å²) in [5, 5.41) is 0. The van der Waals surface area contributed by atoms with Crippen molar-refractivity contribution in [3.63, 3.8) is 0 Å². The number of methoxy groups -OCH3 is 1. The van der Waals surface area contributed by atoms with E-state index in [2.05, 4.69) is 4.74 Å². The van der Waals surface area contributed by atoms with Gasteiger partial charge in [-0.2, -0.15) is 0 Å². The molecule has 0 aromatic heterocycles. The molecule has 0 spiro atoms. The van der Waals surface area contributed by atoms with Crippen LogP contribution in [0.3, 0.4) is 0 Å². The summed E-state index contributed by atoms with van der Waals surface area (Å²) in [7, 11) is 6.36. The van der Waals surface area contributed by atoms with Crippen molar-refractivity contribution in [2.75, 3.05) is 20.3 Å². The van der Waals surface area contributed by atoms with Gasteiger partial charge in [0.2, 0.25) is 0 Å². The summed E-state index contributed by atoms with van der Waals surface area (Å²) in [5.74, 6) is 0. The Morgan fingerprint density at radius 2 is 2.14 bits per heavy atom. The third-order valence-corrected chi connectivity index (χ3v) is 0.611. The minimum Gasteiger partial charge on any atom is -0.385 e. The zero-order valence-electron chi connectivity index (χ0n) is 4.52. The summed E-state index contributed by atoms with van der Waals surface area (Å²) >= 11 is 0. The largest absolute Gasteiger partial charge is 0.385 e. The normalized spacial score (nSPS) is 9.43. The topological polar surface area (TPSA) is 18.5 Å². The van der Waals surface area contributed by atoms with E-state index in [1.807, 2.05) is 0 Å². The monoisotopic (exact) mass is 102 g/mol. The maximum atomic E-state index is 4.71. The van der Waals surface area contributed by atoms with Crippen molar-refractivity contribution in [1.82, 2.24) is 0 Å². The molecule has 0 amide bonds. The Morgan fingerprint density at radius 3 is 2.57 bits per heavy atom. The number of hydrogen-bond acceptors (Lipinski definition) is 2. The lowest BCUT2D eigenvalue weighted by Gasteiger charge is -1.93. The van der Waals surface area contributed by atoms with E-state index in [0.717, 1.165) is 13.0 Å². The molecule has 0 bridgehead atoms. The Kier molecular flexibility index (Phi) is 5.85. The minimum atomic E-state index is 0.577. The Balaban J connectivity index is 2.45. The molecule has 0 fully saturated rings. The predicted octanol–water partition coefficient (Wildman–Crippen LogP) is 0.708. The van der Waals surface area contributed by atoms with Crippen LogP contribution in [0.1, 0.15) is 6.42 Å². The van der Waals surface area contributed by atoms with Gasteiger partial charge in [-0.25, -0.2) is 0 Å². The van der Waals surface area contributed by atoms with Crippen LogP contribution in [-0.4, -0.2) is 20.3 Å². The molecule has 0 aliphatic carbocycles. The van der Waals surface area contributed by atoms with Crippen molar-refractivity contribution in [2.24, 2.45) is 0 Å². The van der Waals surface area contributed by atoms with Gasteiger partial charge < -0.3 is 9.47 Å². The van der Waals surface area contributed by atoms with E-state index in [0.29, 0.717) is 6.61 Å². The number of ether oxygens (including phenoxy) is 2. The molecule has 0 aliphatic rings.